The Labute approximate surface area is 96.4 Å². The van der Waals surface area contributed by atoms with E-state index in [0.717, 1.165) is 12.2 Å². The SMILES string of the molecule is CCC(C)COC(=O)c1ccc(OC)cc1. The molecule has 0 aliphatic heterocycles. The fourth-order valence-corrected chi connectivity index (χ4v) is 1.15. The van der Waals surface area contributed by atoms with Gasteiger partial charge in [0.15, 0.2) is 0 Å². The molecular weight excluding hydrogens is 204 g/mol. The van der Waals surface area contributed by atoms with Crippen molar-refractivity contribution in [2.24, 2.45) is 5.92 Å². The third kappa shape index (κ3) is 3.57. The van der Waals surface area contributed by atoms with Gasteiger partial charge in [0, 0.05) is 0 Å². The van der Waals surface area contributed by atoms with Crippen molar-refractivity contribution in [2.45, 2.75) is 20.3 Å². The maximum absolute atomic E-state index is 11.6. The van der Waals surface area contributed by atoms with Gasteiger partial charge in [0.05, 0.1) is 19.3 Å². The molecule has 1 rings (SSSR count). The molecule has 0 aliphatic rings. The maximum atomic E-state index is 11.6. The smallest absolute Gasteiger partial charge is 0.338 e. The highest BCUT2D eigenvalue weighted by Gasteiger charge is 2.08. The van der Waals surface area contributed by atoms with Crippen LogP contribution in [0, 0.1) is 5.92 Å². The van der Waals surface area contributed by atoms with Gasteiger partial charge in [-0.1, -0.05) is 20.3 Å². The second kappa shape index (κ2) is 6.16. The molecular formula is C13H18O3. The van der Waals surface area contributed by atoms with Crippen molar-refractivity contribution >= 4 is 5.97 Å². The zero-order chi connectivity index (χ0) is 12.0. The quantitative estimate of drug-likeness (QED) is 0.718. The van der Waals surface area contributed by atoms with Crippen LogP contribution in [-0.4, -0.2) is 19.7 Å². The molecule has 3 nitrogen and oxygen atoms in total. The number of methoxy groups -OCH3 is 1. The minimum absolute atomic E-state index is 0.275. The molecule has 0 fully saturated rings. The molecule has 0 heterocycles. The van der Waals surface area contributed by atoms with Crippen molar-refractivity contribution < 1.29 is 14.3 Å². The van der Waals surface area contributed by atoms with Gasteiger partial charge in [-0.2, -0.15) is 0 Å². The number of ether oxygens (including phenoxy) is 2. The Balaban J connectivity index is 2.52. The van der Waals surface area contributed by atoms with Crippen LogP contribution in [0.5, 0.6) is 5.75 Å². The predicted octanol–water partition coefficient (Wildman–Crippen LogP) is 2.90. The molecule has 1 aromatic rings. The fraction of sp³-hybridized carbons (Fsp3) is 0.462. The summed E-state index contributed by atoms with van der Waals surface area (Å²) >= 11 is 0. The van der Waals surface area contributed by atoms with Gasteiger partial charge >= 0.3 is 5.97 Å². The fourth-order valence-electron chi connectivity index (χ4n) is 1.15. The lowest BCUT2D eigenvalue weighted by Crippen LogP contribution is -2.11. The molecule has 0 radical (unpaired) electrons. The van der Waals surface area contributed by atoms with E-state index in [1.807, 2.05) is 0 Å². The van der Waals surface area contributed by atoms with E-state index >= 15 is 0 Å². The van der Waals surface area contributed by atoms with Crippen LogP contribution in [0.1, 0.15) is 30.6 Å². The molecule has 3 heteroatoms. The Bertz CT molecular complexity index is 330. The minimum Gasteiger partial charge on any atom is -0.497 e. The predicted molar refractivity (Wildman–Crippen MR) is 62.7 cm³/mol. The van der Waals surface area contributed by atoms with E-state index in [-0.39, 0.29) is 5.97 Å². The van der Waals surface area contributed by atoms with Gasteiger partial charge in [0.1, 0.15) is 5.75 Å². The third-order valence-corrected chi connectivity index (χ3v) is 2.52. The van der Waals surface area contributed by atoms with Gasteiger partial charge in [-0.25, -0.2) is 4.79 Å². The first-order chi connectivity index (χ1) is 7.67. The molecule has 1 aromatic carbocycles. The summed E-state index contributed by atoms with van der Waals surface area (Å²) in [7, 11) is 1.59. The molecule has 0 spiro atoms. The van der Waals surface area contributed by atoms with Crippen LogP contribution in [-0.2, 0) is 4.74 Å². The van der Waals surface area contributed by atoms with Crippen LogP contribution in [0.15, 0.2) is 24.3 Å². The molecule has 1 unspecified atom stereocenters. The Hall–Kier alpha value is -1.51. The van der Waals surface area contributed by atoms with E-state index in [1.54, 1.807) is 31.4 Å². The third-order valence-electron chi connectivity index (χ3n) is 2.52. The average Bonchev–Trinajstić information content (AvgIpc) is 2.35. The zero-order valence-corrected chi connectivity index (χ0v) is 10.0. The topological polar surface area (TPSA) is 35.5 Å². The lowest BCUT2D eigenvalue weighted by atomic mass is 10.1. The summed E-state index contributed by atoms with van der Waals surface area (Å²) in [5.74, 6) is 0.864. The summed E-state index contributed by atoms with van der Waals surface area (Å²) < 4.78 is 10.2. The van der Waals surface area contributed by atoms with Crippen molar-refractivity contribution in [2.75, 3.05) is 13.7 Å². The highest BCUT2D eigenvalue weighted by atomic mass is 16.5. The van der Waals surface area contributed by atoms with Crippen molar-refractivity contribution in [3.63, 3.8) is 0 Å². The summed E-state index contributed by atoms with van der Waals surface area (Å²) in [5, 5.41) is 0. The van der Waals surface area contributed by atoms with Crippen molar-refractivity contribution in [3.8, 4) is 5.75 Å². The summed E-state index contributed by atoms with van der Waals surface area (Å²) in [6, 6.07) is 6.91. The monoisotopic (exact) mass is 222 g/mol. The van der Waals surface area contributed by atoms with Crippen LogP contribution >= 0.6 is 0 Å². The molecule has 0 saturated carbocycles. The lowest BCUT2D eigenvalue weighted by molar-refractivity contribution is 0.0447. The number of benzene rings is 1. The molecule has 0 amide bonds. The summed E-state index contributed by atoms with van der Waals surface area (Å²) in [6.45, 7) is 4.61. The van der Waals surface area contributed by atoms with E-state index in [2.05, 4.69) is 13.8 Å². The molecule has 0 saturated heterocycles. The van der Waals surface area contributed by atoms with E-state index in [9.17, 15) is 4.79 Å². The van der Waals surface area contributed by atoms with Crippen molar-refractivity contribution in [3.05, 3.63) is 29.8 Å². The zero-order valence-electron chi connectivity index (χ0n) is 10.0. The van der Waals surface area contributed by atoms with Gasteiger partial charge in [-0.3, -0.25) is 0 Å². The summed E-state index contributed by atoms with van der Waals surface area (Å²) in [4.78, 5) is 11.6. The van der Waals surface area contributed by atoms with E-state index in [0.29, 0.717) is 18.1 Å². The van der Waals surface area contributed by atoms with Gasteiger partial charge in [-0.15, -0.1) is 0 Å². The number of hydrogen-bond donors (Lipinski definition) is 0. The van der Waals surface area contributed by atoms with Crippen LogP contribution < -0.4 is 4.74 Å². The molecule has 16 heavy (non-hydrogen) atoms. The van der Waals surface area contributed by atoms with Crippen molar-refractivity contribution in [1.29, 1.82) is 0 Å². The second-order valence-corrected chi connectivity index (χ2v) is 3.84. The summed E-state index contributed by atoms with van der Waals surface area (Å²) in [6.07, 6.45) is 1.01. The Morgan fingerprint density at radius 3 is 2.44 bits per heavy atom. The number of carbonyl (C=O) groups is 1. The standard InChI is InChI=1S/C13H18O3/c1-4-10(2)9-16-13(14)11-5-7-12(15-3)8-6-11/h5-8,10H,4,9H2,1-3H3. The maximum Gasteiger partial charge on any atom is 0.338 e. The Kier molecular flexibility index (Phi) is 4.83. The van der Waals surface area contributed by atoms with Gasteiger partial charge < -0.3 is 9.47 Å². The second-order valence-electron chi connectivity index (χ2n) is 3.84. The first-order valence-corrected chi connectivity index (χ1v) is 5.48. The van der Waals surface area contributed by atoms with Gasteiger partial charge in [0.25, 0.3) is 0 Å². The lowest BCUT2D eigenvalue weighted by Gasteiger charge is -2.09. The van der Waals surface area contributed by atoms with Crippen LogP contribution in [0.2, 0.25) is 0 Å². The van der Waals surface area contributed by atoms with Crippen LogP contribution in [0.3, 0.4) is 0 Å². The first-order valence-electron chi connectivity index (χ1n) is 5.48. The van der Waals surface area contributed by atoms with E-state index in [4.69, 9.17) is 9.47 Å². The van der Waals surface area contributed by atoms with Gasteiger partial charge in [0.2, 0.25) is 0 Å². The summed E-state index contributed by atoms with van der Waals surface area (Å²) in [5.41, 5.74) is 0.559. The molecule has 88 valence electrons. The first kappa shape index (κ1) is 12.6. The molecule has 0 aromatic heterocycles. The Morgan fingerprint density at radius 1 is 1.31 bits per heavy atom. The number of hydrogen-bond acceptors (Lipinski definition) is 3. The van der Waals surface area contributed by atoms with Crippen LogP contribution in [0.4, 0.5) is 0 Å². The average molecular weight is 222 g/mol. The highest BCUT2D eigenvalue weighted by molar-refractivity contribution is 5.89. The van der Waals surface area contributed by atoms with Gasteiger partial charge in [-0.05, 0) is 30.2 Å². The minimum atomic E-state index is -0.275. The number of esters is 1. The largest absolute Gasteiger partial charge is 0.497 e. The molecule has 0 bridgehead atoms. The van der Waals surface area contributed by atoms with Crippen LogP contribution in [0.25, 0.3) is 0 Å². The van der Waals surface area contributed by atoms with E-state index in [1.165, 1.54) is 0 Å². The number of carbonyl (C=O) groups excluding carboxylic acids is 1. The van der Waals surface area contributed by atoms with Crippen molar-refractivity contribution in [1.82, 2.24) is 0 Å². The number of rotatable bonds is 5. The Morgan fingerprint density at radius 2 is 1.94 bits per heavy atom. The van der Waals surface area contributed by atoms with E-state index < -0.39 is 0 Å². The molecule has 0 aliphatic carbocycles. The highest BCUT2D eigenvalue weighted by Crippen LogP contribution is 2.12. The molecule has 1 atom stereocenters. The normalized spacial score (nSPS) is 11.9. The molecule has 0 N–H and O–H groups in total.